The van der Waals surface area contributed by atoms with Gasteiger partial charge in [-0.3, -0.25) is 4.72 Å². The molecule has 2 N–H and O–H groups in total. The van der Waals surface area contributed by atoms with Crippen LogP contribution < -0.4 is 9.46 Å². The molecular formula is C16H17NO6S. The Balaban J connectivity index is 2.21. The summed E-state index contributed by atoms with van der Waals surface area (Å²) in [6.45, 7) is 1.92. The Kier molecular flexibility index (Phi) is 5.30. The number of esters is 1. The number of phenols is 1. The van der Waals surface area contributed by atoms with E-state index in [4.69, 9.17) is 9.47 Å². The molecule has 0 bridgehead atoms. The van der Waals surface area contributed by atoms with Crippen LogP contribution in [0.25, 0.3) is 0 Å². The molecule has 0 aliphatic carbocycles. The van der Waals surface area contributed by atoms with Crippen molar-refractivity contribution < 1.29 is 27.8 Å². The van der Waals surface area contributed by atoms with Crippen LogP contribution in [0.1, 0.15) is 17.3 Å². The molecule has 0 atom stereocenters. The van der Waals surface area contributed by atoms with Crippen LogP contribution in [0.5, 0.6) is 11.5 Å². The Labute approximate surface area is 139 Å². The topological polar surface area (TPSA) is 102 Å². The third-order valence-electron chi connectivity index (χ3n) is 3.11. The third-order valence-corrected chi connectivity index (χ3v) is 4.50. The van der Waals surface area contributed by atoms with Crippen molar-refractivity contribution in [3.63, 3.8) is 0 Å². The van der Waals surface area contributed by atoms with Gasteiger partial charge in [0.05, 0.1) is 29.9 Å². The lowest BCUT2D eigenvalue weighted by Crippen LogP contribution is -2.13. The van der Waals surface area contributed by atoms with E-state index in [1.807, 2.05) is 0 Å². The average Bonchev–Trinajstić information content (AvgIpc) is 2.55. The van der Waals surface area contributed by atoms with Gasteiger partial charge >= 0.3 is 5.97 Å². The van der Waals surface area contributed by atoms with Crippen molar-refractivity contribution in [1.29, 1.82) is 0 Å². The molecule has 0 saturated heterocycles. The molecule has 0 saturated carbocycles. The van der Waals surface area contributed by atoms with Gasteiger partial charge in [-0.2, -0.15) is 0 Å². The van der Waals surface area contributed by atoms with Crippen LogP contribution in [0.15, 0.2) is 47.4 Å². The fourth-order valence-corrected chi connectivity index (χ4v) is 3.00. The van der Waals surface area contributed by atoms with Crippen molar-refractivity contribution in [1.82, 2.24) is 0 Å². The molecule has 0 radical (unpaired) electrons. The predicted molar refractivity (Wildman–Crippen MR) is 87.9 cm³/mol. The third kappa shape index (κ3) is 3.96. The number of hydrogen-bond donors (Lipinski definition) is 2. The number of hydrogen-bond acceptors (Lipinski definition) is 6. The van der Waals surface area contributed by atoms with Gasteiger partial charge in [-0.05, 0) is 43.3 Å². The molecule has 128 valence electrons. The van der Waals surface area contributed by atoms with Crippen LogP contribution in [0.4, 0.5) is 5.69 Å². The van der Waals surface area contributed by atoms with E-state index in [2.05, 4.69) is 4.72 Å². The second kappa shape index (κ2) is 7.22. The number of sulfonamides is 1. The molecule has 2 aromatic carbocycles. The summed E-state index contributed by atoms with van der Waals surface area (Å²) in [7, 11) is -2.47. The summed E-state index contributed by atoms with van der Waals surface area (Å²) >= 11 is 0. The fraction of sp³-hybridized carbons (Fsp3) is 0.188. The van der Waals surface area contributed by atoms with E-state index in [9.17, 15) is 18.3 Å². The van der Waals surface area contributed by atoms with Crippen LogP contribution in [0.2, 0.25) is 0 Å². The molecule has 0 unspecified atom stereocenters. The van der Waals surface area contributed by atoms with Gasteiger partial charge in [-0.15, -0.1) is 0 Å². The van der Waals surface area contributed by atoms with E-state index in [0.29, 0.717) is 0 Å². The average molecular weight is 351 g/mol. The monoisotopic (exact) mass is 351 g/mol. The zero-order chi connectivity index (χ0) is 17.7. The highest BCUT2D eigenvalue weighted by molar-refractivity contribution is 7.92. The molecule has 0 fully saturated rings. The lowest BCUT2D eigenvalue weighted by molar-refractivity contribution is 0.0526. The summed E-state index contributed by atoms with van der Waals surface area (Å²) in [6, 6.07) is 9.50. The summed E-state index contributed by atoms with van der Waals surface area (Å²) in [5.41, 5.74) is 0.445. The van der Waals surface area contributed by atoms with Crippen molar-refractivity contribution in [2.24, 2.45) is 0 Å². The molecule has 2 aromatic rings. The molecular weight excluding hydrogens is 334 g/mol. The molecule has 0 aliphatic heterocycles. The van der Waals surface area contributed by atoms with E-state index in [1.54, 1.807) is 6.92 Å². The van der Waals surface area contributed by atoms with E-state index < -0.39 is 16.0 Å². The summed E-state index contributed by atoms with van der Waals surface area (Å²) in [5, 5.41) is 9.70. The number of benzene rings is 2. The zero-order valence-electron chi connectivity index (χ0n) is 13.1. The van der Waals surface area contributed by atoms with E-state index in [-0.39, 0.29) is 34.3 Å². The molecule has 0 heterocycles. The van der Waals surface area contributed by atoms with Crippen LogP contribution >= 0.6 is 0 Å². The minimum Gasteiger partial charge on any atom is -0.504 e. The number of carbonyl (C=O) groups is 1. The van der Waals surface area contributed by atoms with Crippen molar-refractivity contribution in [2.45, 2.75) is 11.8 Å². The molecule has 7 nitrogen and oxygen atoms in total. The van der Waals surface area contributed by atoms with Crippen molar-refractivity contribution in [3.05, 3.63) is 48.0 Å². The highest BCUT2D eigenvalue weighted by Gasteiger charge is 2.16. The first-order valence-electron chi connectivity index (χ1n) is 7.04. The van der Waals surface area contributed by atoms with Crippen LogP contribution in [-0.2, 0) is 14.8 Å². The van der Waals surface area contributed by atoms with E-state index >= 15 is 0 Å². The molecule has 8 heteroatoms. The SMILES string of the molecule is CCOC(=O)c1ccc(S(=O)(=O)Nc2ccc(OC)c(O)c2)cc1. The van der Waals surface area contributed by atoms with E-state index in [0.717, 1.165) is 0 Å². The number of anilines is 1. The predicted octanol–water partition coefficient (Wildman–Crippen LogP) is 2.38. The van der Waals surface area contributed by atoms with Gasteiger partial charge in [0.15, 0.2) is 11.5 Å². The maximum absolute atomic E-state index is 12.3. The Hall–Kier alpha value is -2.74. The smallest absolute Gasteiger partial charge is 0.338 e. The first kappa shape index (κ1) is 17.6. The first-order valence-corrected chi connectivity index (χ1v) is 8.52. The Bertz CT molecular complexity index is 830. The van der Waals surface area contributed by atoms with Crippen LogP contribution in [-0.4, -0.2) is 33.2 Å². The normalized spacial score (nSPS) is 10.9. The fourth-order valence-electron chi connectivity index (χ4n) is 1.95. The second-order valence-electron chi connectivity index (χ2n) is 4.74. The number of methoxy groups -OCH3 is 1. The standard InChI is InChI=1S/C16H17NO6S/c1-3-23-16(19)11-4-7-13(8-5-11)24(20,21)17-12-6-9-15(22-2)14(18)10-12/h4-10,17-18H,3H2,1-2H3. The molecule has 0 aliphatic rings. The van der Waals surface area contributed by atoms with Gasteiger partial charge in [0.1, 0.15) is 0 Å². The van der Waals surface area contributed by atoms with Crippen molar-refractivity contribution in [3.8, 4) is 11.5 Å². The highest BCUT2D eigenvalue weighted by Crippen LogP contribution is 2.29. The number of carbonyl (C=O) groups excluding carboxylic acids is 1. The van der Waals surface area contributed by atoms with Gasteiger partial charge in [-0.1, -0.05) is 0 Å². The maximum atomic E-state index is 12.3. The molecule has 0 spiro atoms. The van der Waals surface area contributed by atoms with Crippen molar-refractivity contribution in [2.75, 3.05) is 18.4 Å². The summed E-state index contributed by atoms with van der Waals surface area (Å²) in [4.78, 5) is 11.5. The summed E-state index contributed by atoms with van der Waals surface area (Å²) in [5.74, 6) is -0.471. The number of rotatable bonds is 6. The van der Waals surface area contributed by atoms with Crippen LogP contribution in [0.3, 0.4) is 0 Å². The number of ether oxygens (including phenoxy) is 2. The Morgan fingerprint density at radius 3 is 2.38 bits per heavy atom. The largest absolute Gasteiger partial charge is 0.504 e. The molecule has 0 amide bonds. The second-order valence-corrected chi connectivity index (χ2v) is 6.42. The van der Waals surface area contributed by atoms with Gasteiger partial charge in [0, 0.05) is 6.07 Å². The van der Waals surface area contributed by atoms with Crippen molar-refractivity contribution >= 4 is 21.7 Å². The van der Waals surface area contributed by atoms with Gasteiger partial charge < -0.3 is 14.6 Å². The minimum atomic E-state index is -3.86. The van der Waals surface area contributed by atoms with Gasteiger partial charge in [0.2, 0.25) is 0 Å². The van der Waals surface area contributed by atoms with Gasteiger partial charge in [0.25, 0.3) is 10.0 Å². The lowest BCUT2D eigenvalue weighted by Gasteiger charge is -2.10. The number of aromatic hydroxyl groups is 1. The maximum Gasteiger partial charge on any atom is 0.338 e. The van der Waals surface area contributed by atoms with Crippen LogP contribution in [0, 0.1) is 0 Å². The zero-order valence-corrected chi connectivity index (χ0v) is 14.0. The molecule has 0 aromatic heterocycles. The first-order chi connectivity index (χ1) is 11.4. The number of nitrogens with one attached hydrogen (secondary N) is 1. The van der Waals surface area contributed by atoms with E-state index in [1.165, 1.54) is 49.6 Å². The minimum absolute atomic E-state index is 0.0224. The Morgan fingerprint density at radius 1 is 1.17 bits per heavy atom. The summed E-state index contributed by atoms with van der Waals surface area (Å²) < 4.78 is 36.7. The quantitative estimate of drug-likeness (QED) is 0.775. The Morgan fingerprint density at radius 2 is 1.83 bits per heavy atom. The van der Waals surface area contributed by atoms with Gasteiger partial charge in [-0.25, -0.2) is 13.2 Å². The summed E-state index contributed by atoms with van der Waals surface area (Å²) in [6.07, 6.45) is 0. The highest BCUT2D eigenvalue weighted by atomic mass is 32.2. The molecule has 24 heavy (non-hydrogen) atoms. The lowest BCUT2D eigenvalue weighted by atomic mass is 10.2. The molecule has 2 rings (SSSR count). The number of phenolic OH excluding ortho intramolecular Hbond substituents is 1.